The lowest BCUT2D eigenvalue weighted by atomic mass is 10.0. The van der Waals surface area contributed by atoms with E-state index >= 15 is 0 Å². The predicted octanol–water partition coefficient (Wildman–Crippen LogP) is 3.24. The van der Waals surface area contributed by atoms with Gasteiger partial charge >= 0.3 is 0 Å². The summed E-state index contributed by atoms with van der Waals surface area (Å²) in [4.78, 5) is 19.3. The highest BCUT2D eigenvalue weighted by atomic mass is 16.5. The zero-order chi connectivity index (χ0) is 15.8. The number of benzene rings is 1. The Hall–Kier alpha value is -2.17. The number of piperidine rings is 1. The molecule has 2 aromatic rings. The fourth-order valence-electron chi connectivity index (χ4n) is 3.65. The van der Waals surface area contributed by atoms with E-state index in [0.29, 0.717) is 17.6 Å². The van der Waals surface area contributed by atoms with E-state index in [2.05, 4.69) is 22.3 Å². The average molecular weight is 311 g/mol. The van der Waals surface area contributed by atoms with E-state index in [1.807, 2.05) is 30.0 Å². The van der Waals surface area contributed by atoms with Gasteiger partial charge in [-0.25, -0.2) is 0 Å². The van der Waals surface area contributed by atoms with Gasteiger partial charge in [0.05, 0.1) is 0 Å². The van der Waals surface area contributed by atoms with Gasteiger partial charge in [-0.3, -0.25) is 4.79 Å². The van der Waals surface area contributed by atoms with Crippen LogP contribution in [0.4, 0.5) is 0 Å². The van der Waals surface area contributed by atoms with E-state index < -0.39 is 0 Å². The largest absolute Gasteiger partial charge is 0.337 e. The first kappa shape index (κ1) is 14.4. The van der Waals surface area contributed by atoms with Gasteiger partial charge in [-0.05, 0) is 44.1 Å². The van der Waals surface area contributed by atoms with E-state index in [4.69, 9.17) is 4.52 Å². The lowest BCUT2D eigenvalue weighted by molar-refractivity contribution is -0.137. The van der Waals surface area contributed by atoms with Crippen molar-refractivity contribution in [2.45, 2.75) is 44.6 Å². The average Bonchev–Trinajstić information content (AvgIpc) is 3.29. The highest BCUT2D eigenvalue weighted by molar-refractivity contribution is 5.83. The van der Waals surface area contributed by atoms with E-state index in [-0.39, 0.29) is 17.9 Å². The Morgan fingerprint density at radius 3 is 2.83 bits per heavy atom. The van der Waals surface area contributed by atoms with Crippen molar-refractivity contribution in [3.05, 3.63) is 47.6 Å². The Kier molecular flexibility index (Phi) is 3.63. The van der Waals surface area contributed by atoms with Gasteiger partial charge in [-0.1, -0.05) is 35.5 Å². The van der Waals surface area contributed by atoms with Crippen LogP contribution in [0.15, 0.2) is 34.9 Å². The molecule has 0 unspecified atom stereocenters. The van der Waals surface area contributed by atoms with Crippen LogP contribution in [-0.2, 0) is 4.79 Å². The van der Waals surface area contributed by atoms with Crippen molar-refractivity contribution in [2.75, 3.05) is 6.54 Å². The topological polar surface area (TPSA) is 59.2 Å². The molecule has 1 aromatic heterocycles. The van der Waals surface area contributed by atoms with Crippen LogP contribution in [0.1, 0.15) is 54.9 Å². The fourth-order valence-corrected chi connectivity index (χ4v) is 3.65. The van der Waals surface area contributed by atoms with Gasteiger partial charge < -0.3 is 9.42 Å². The molecule has 1 saturated carbocycles. The molecular formula is C18H21N3O2. The Bertz CT molecular complexity index is 697. The summed E-state index contributed by atoms with van der Waals surface area (Å²) in [5.74, 6) is 1.95. The van der Waals surface area contributed by atoms with Crippen molar-refractivity contribution >= 4 is 5.91 Å². The molecule has 2 aliphatic rings. The van der Waals surface area contributed by atoms with Crippen molar-refractivity contribution in [3.8, 4) is 0 Å². The molecule has 2 heterocycles. The third kappa shape index (κ3) is 2.76. The second kappa shape index (κ2) is 5.80. The van der Waals surface area contributed by atoms with Crippen LogP contribution in [0.25, 0.3) is 0 Å². The van der Waals surface area contributed by atoms with Crippen LogP contribution in [0.5, 0.6) is 0 Å². The minimum atomic E-state index is -0.0468. The molecule has 0 bridgehead atoms. The normalized spacial score (nSPS) is 27.0. The summed E-state index contributed by atoms with van der Waals surface area (Å²) >= 11 is 0. The smallest absolute Gasteiger partial charge is 0.249 e. The number of carbonyl (C=O) groups is 1. The summed E-state index contributed by atoms with van der Waals surface area (Å²) in [7, 11) is 0. The van der Waals surface area contributed by atoms with E-state index in [0.717, 1.165) is 32.2 Å². The summed E-state index contributed by atoms with van der Waals surface area (Å²) in [5, 5.41) is 3.88. The summed E-state index contributed by atoms with van der Waals surface area (Å²) in [6, 6.07) is 10.3. The summed E-state index contributed by atoms with van der Waals surface area (Å²) in [6.07, 6.45) is 4.02. The molecule has 3 atom stereocenters. The van der Waals surface area contributed by atoms with Crippen LogP contribution < -0.4 is 0 Å². The first-order valence-electron chi connectivity index (χ1n) is 8.39. The van der Waals surface area contributed by atoms with Gasteiger partial charge in [0.1, 0.15) is 6.04 Å². The molecule has 4 rings (SSSR count). The third-order valence-electron chi connectivity index (χ3n) is 4.95. The first-order chi connectivity index (χ1) is 11.2. The van der Waals surface area contributed by atoms with E-state index in [9.17, 15) is 4.79 Å². The minimum absolute atomic E-state index is 0.0468. The Morgan fingerprint density at radius 1 is 1.26 bits per heavy atom. The second-order valence-corrected chi connectivity index (χ2v) is 6.58. The summed E-state index contributed by atoms with van der Waals surface area (Å²) in [6.45, 7) is 2.61. The second-order valence-electron chi connectivity index (χ2n) is 6.58. The van der Waals surface area contributed by atoms with Crippen LogP contribution in [0.3, 0.4) is 0 Å². The fraction of sp³-hybridized carbons (Fsp3) is 0.500. The van der Waals surface area contributed by atoms with Gasteiger partial charge in [0.2, 0.25) is 11.8 Å². The molecule has 0 spiro atoms. The van der Waals surface area contributed by atoms with Crippen molar-refractivity contribution < 1.29 is 9.32 Å². The molecule has 120 valence electrons. The van der Waals surface area contributed by atoms with Gasteiger partial charge in [0, 0.05) is 12.5 Å². The van der Waals surface area contributed by atoms with Crippen LogP contribution in [-0.4, -0.2) is 27.5 Å². The van der Waals surface area contributed by atoms with Crippen molar-refractivity contribution in [2.24, 2.45) is 5.92 Å². The monoisotopic (exact) mass is 311 g/mol. The lowest BCUT2D eigenvalue weighted by Crippen LogP contribution is -2.39. The number of rotatable bonds is 3. The number of nitrogens with zero attached hydrogens (tertiary/aromatic N) is 3. The number of amides is 1. The number of carbonyl (C=O) groups excluding carboxylic acids is 1. The quantitative estimate of drug-likeness (QED) is 0.873. The van der Waals surface area contributed by atoms with Crippen molar-refractivity contribution in [1.82, 2.24) is 15.0 Å². The van der Waals surface area contributed by atoms with Crippen molar-refractivity contribution in [1.29, 1.82) is 0 Å². The van der Waals surface area contributed by atoms with Gasteiger partial charge in [-0.15, -0.1) is 0 Å². The zero-order valence-corrected chi connectivity index (χ0v) is 13.3. The van der Waals surface area contributed by atoms with Crippen LogP contribution in [0.2, 0.25) is 0 Å². The number of hydrogen-bond acceptors (Lipinski definition) is 4. The Balaban J connectivity index is 1.51. The molecule has 0 N–H and O–H groups in total. The third-order valence-corrected chi connectivity index (χ3v) is 4.95. The molecule has 1 aromatic carbocycles. The summed E-state index contributed by atoms with van der Waals surface area (Å²) < 4.78 is 5.34. The molecule has 2 fully saturated rings. The van der Waals surface area contributed by atoms with Crippen molar-refractivity contribution in [3.63, 3.8) is 0 Å². The molecule has 23 heavy (non-hydrogen) atoms. The number of likely N-dealkylation sites (tertiary alicyclic amines) is 1. The SMILES string of the molecule is Cc1noc([C@@H]2CCCCN2C(=O)[C@@H]2C[C@@H]2c2ccccc2)n1. The molecular weight excluding hydrogens is 290 g/mol. The first-order valence-corrected chi connectivity index (χ1v) is 8.39. The molecule has 5 nitrogen and oxygen atoms in total. The number of hydrogen-bond donors (Lipinski definition) is 0. The number of aromatic nitrogens is 2. The summed E-state index contributed by atoms with van der Waals surface area (Å²) in [5.41, 5.74) is 1.27. The van der Waals surface area contributed by atoms with Crippen LogP contribution >= 0.6 is 0 Å². The highest BCUT2D eigenvalue weighted by Gasteiger charge is 2.47. The Morgan fingerprint density at radius 2 is 2.09 bits per heavy atom. The van der Waals surface area contributed by atoms with Crippen LogP contribution in [0, 0.1) is 12.8 Å². The minimum Gasteiger partial charge on any atom is -0.337 e. The van der Waals surface area contributed by atoms with Gasteiger partial charge in [-0.2, -0.15) is 4.98 Å². The maximum atomic E-state index is 13.0. The number of aryl methyl sites for hydroxylation is 1. The van der Waals surface area contributed by atoms with Gasteiger partial charge in [0.15, 0.2) is 5.82 Å². The maximum Gasteiger partial charge on any atom is 0.249 e. The van der Waals surface area contributed by atoms with E-state index in [1.165, 1.54) is 5.56 Å². The lowest BCUT2D eigenvalue weighted by Gasteiger charge is -2.33. The molecule has 1 amide bonds. The maximum absolute atomic E-state index is 13.0. The molecule has 1 aliphatic carbocycles. The zero-order valence-electron chi connectivity index (χ0n) is 13.3. The molecule has 1 saturated heterocycles. The standard InChI is InChI=1S/C18H21N3O2/c1-12-19-17(23-20-12)16-9-5-6-10-21(16)18(22)15-11-14(15)13-7-3-2-4-8-13/h2-4,7-8,14-16H,5-6,9-11H2,1H3/t14-,15-,16+/m1/s1. The molecule has 1 aliphatic heterocycles. The predicted molar refractivity (Wildman–Crippen MR) is 84.6 cm³/mol. The molecule has 5 heteroatoms. The molecule has 0 radical (unpaired) electrons. The Labute approximate surface area is 135 Å². The van der Waals surface area contributed by atoms with E-state index in [1.54, 1.807) is 0 Å². The highest BCUT2D eigenvalue weighted by Crippen LogP contribution is 2.49. The van der Waals surface area contributed by atoms with Gasteiger partial charge in [0.25, 0.3) is 0 Å².